The van der Waals surface area contributed by atoms with E-state index in [1.165, 1.54) is 18.2 Å². The Labute approximate surface area is 133 Å². The van der Waals surface area contributed by atoms with E-state index >= 15 is 0 Å². The second kappa shape index (κ2) is 5.18. The van der Waals surface area contributed by atoms with Crippen LogP contribution in [0.2, 0.25) is 0 Å². The largest absolute Gasteiger partial charge is 0.508 e. The Kier molecular flexibility index (Phi) is 3.14. The SMILES string of the molecule is O=[PH]1Oc2ccc(-c3cc(O)ccc3O)cc2-c2ccccc21. The molecule has 23 heavy (non-hydrogen) atoms. The van der Waals surface area contributed by atoms with Crippen molar-refractivity contribution < 1.29 is 19.3 Å². The Morgan fingerprint density at radius 2 is 1.65 bits per heavy atom. The molecule has 3 aromatic carbocycles. The predicted molar refractivity (Wildman–Crippen MR) is 89.9 cm³/mol. The van der Waals surface area contributed by atoms with Crippen LogP contribution in [0.1, 0.15) is 0 Å². The van der Waals surface area contributed by atoms with Crippen LogP contribution in [0.4, 0.5) is 0 Å². The van der Waals surface area contributed by atoms with Gasteiger partial charge in [-0.05, 0) is 47.5 Å². The third kappa shape index (κ3) is 2.28. The van der Waals surface area contributed by atoms with Crippen LogP contribution in [0.25, 0.3) is 22.3 Å². The molecule has 1 heterocycles. The monoisotopic (exact) mass is 324 g/mol. The molecule has 1 unspecified atom stereocenters. The maximum atomic E-state index is 12.2. The molecule has 0 radical (unpaired) electrons. The zero-order valence-corrected chi connectivity index (χ0v) is 13.0. The number of rotatable bonds is 1. The molecule has 0 amide bonds. The molecule has 0 fully saturated rings. The first-order chi connectivity index (χ1) is 11.1. The molecular weight excluding hydrogens is 311 g/mol. The third-order valence-corrected chi connectivity index (χ3v) is 5.19. The van der Waals surface area contributed by atoms with Gasteiger partial charge in [-0.25, -0.2) is 0 Å². The van der Waals surface area contributed by atoms with Crippen LogP contribution in [0.15, 0.2) is 60.7 Å². The molecule has 1 atom stereocenters. The van der Waals surface area contributed by atoms with E-state index in [1.807, 2.05) is 24.3 Å². The second-order valence-electron chi connectivity index (χ2n) is 5.35. The summed E-state index contributed by atoms with van der Waals surface area (Å²) < 4.78 is 17.7. The average Bonchev–Trinajstić information content (AvgIpc) is 2.57. The minimum absolute atomic E-state index is 0.0808. The van der Waals surface area contributed by atoms with Crippen LogP contribution < -0.4 is 9.83 Å². The van der Waals surface area contributed by atoms with Gasteiger partial charge in [0.2, 0.25) is 0 Å². The topological polar surface area (TPSA) is 66.8 Å². The van der Waals surface area contributed by atoms with Crippen LogP contribution in [0.5, 0.6) is 17.2 Å². The van der Waals surface area contributed by atoms with Gasteiger partial charge in [-0.1, -0.05) is 24.3 Å². The summed E-state index contributed by atoms with van der Waals surface area (Å²) in [5, 5.41) is 20.4. The van der Waals surface area contributed by atoms with E-state index in [0.29, 0.717) is 16.6 Å². The van der Waals surface area contributed by atoms with E-state index in [9.17, 15) is 14.8 Å². The zero-order valence-electron chi connectivity index (χ0n) is 12.0. The molecule has 2 N–H and O–H groups in total. The van der Waals surface area contributed by atoms with Crippen molar-refractivity contribution in [3.05, 3.63) is 60.7 Å². The molecule has 1 aliphatic heterocycles. The maximum absolute atomic E-state index is 12.2. The summed E-state index contributed by atoms with van der Waals surface area (Å²) in [6.07, 6.45) is 0. The van der Waals surface area contributed by atoms with Gasteiger partial charge in [0.1, 0.15) is 17.2 Å². The van der Waals surface area contributed by atoms with E-state index in [1.54, 1.807) is 18.2 Å². The van der Waals surface area contributed by atoms with Gasteiger partial charge in [0, 0.05) is 11.1 Å². The summed E-state index contributed by atoms with van der Waals surface area (Å²) in [6, 6.07) is 17.2. The normalized spacial score (nSPS) is 15.4. The van der Waals surface area contributed by atoms with Crippen molar-refractivity contribution in [2.75, 3.05) is 0 Å². The standard InChI is InChI=1S/C18H13O4P/c19-12-6-7-16(20)14(10-12)11-5-8-17-15(9-11)13-3-1-2-4-18(13)23(21)22-17/h1-10,19-20,23H. The number of hydrogen-bond acceptors (Lipinski definition) is 4. The fraction of sp³-hybridized carbons (Fsp3) is 0. The highest BCUT2D eigenvalue weighted by Gasteiger charge is 2.22. The molecule has 0 saturated carbocycles. The van der Waals surface area contributed by atoms with Crippen molar-refractivity contribution in [2.45, 2.75) is 0 Å². The molecule has 4 rings (SSSR count). The Morgan fingerprint density at radius 1 is 0.826 bits per heavy atom. The van der Waals surface area contributed by atoms with Crippen molar-refractivity contribution in [3.8, 4) is 39.5 Å². The number of aromatic hydroxyl groups is 2. The lowest BCUT2D eigenvalue weighted by Crippen LogP contribution is -2.09. The van der Waals surface area contributed by atoms with E-state index in [0.717, 1.165) is 16.7 Å². The molecule has 0 saturated heterocycles. The van der Waals surface area contributed by atoms with Crippen LogP contribution in [-0.4, -0.2) is 10.2 Å². The quantitative estimate of drug-likeness (QED) is 0.526. The molecular formula is C18H13O4P. The Hall–Kier alpha value is -2.71. The predicted octanol–water partition coefficient (Wildman–Crippen LogP) is 3.92. The number of benzene rings is 3. The lowest BCUT2D eigenvalue weighted by atomic mass is 9.97. The lowest BCUT2D eigenvalue weighted by molar-refractivity contribution is 0.462. The first-order valence-electron chi connectivity index (χ1n) is 7.11. The first kappa shape index (κ1) is 13.9. The fourth-order valence-corrected chi connectivity index (χ4v) is 3.96. The number of fused-ring (bicyclic) bond motifs is 3. The molecule has 0 bridgehead atoms. The average molecular weight is 324 g/mol. The number of phenols is 2. The summed E-state index contributed by atoms with van der Waals surface area (Å²) in [4.78, 5) is 0. The van der Waals surface area contributed by atoms with Crippen LogP contribution in [0.3, 0.4) is 0 Å². The molecule has 0 aromatic heterocycles. The number of phenolic OH excluding ortho intramolecular Hbond substituents is 2. The summed E-state index contributed by atoms with van der Waals surface area (Å²) >= 11 is 0. The van der Waals surface area contributed by atoms with Gasteiger partial charge in [-0.3, -0.25) is 4.57 Å². The minimum Gasteiger partial charge on any atom is -0.508 e. The highest BCUT2D eigenvalue weighted by Crippen LogP contribution is 2.45. The van der Waals surface area contributed by atoms with E-state index in [2.05, 4.69) is 0 Å². The van der Waals surface area contributed by atoms with E-state index < -0.39 is 8.03 Å². The van der Waals surface area contributed by atoms with Gasteiger partial charge in [0.15, 0.2) is 0 Å². The summed E-state index contributed by atoms with van der Waals surface area (Å²) in [6.45, 7) is 0. The molecule has 1 aliphatic rings. The first-order valence-corrected chi connectivity index (χ1v) is 8.43. The highest BCUT2D eigenvalue weighted by molar-refractivity contribution is 7.49. The van der Waals surface area contributed by atoms with Gasteiger partial charge < -0.3 is 14.7 Å². The van der Waals surface area contributed by atoms with Gasteiger partial charge >= 0.3 is 0 Å². The minimum atomic E-state index is -2.29. The van der Waals surface area contributed by atoms with Crippen molar-refractivity contribution in [1.82, 2.24) is 0 Å². The molecule has 114 valence electrons. The Bertz CT molecular complexity index is 950. The smallest absolute Gasteiger partial charge is 0.266 e. The van der Waals surface area contributed by atoms with Crippen molar-refractivity contribution in [2.24, 2.45) is 0 Å². The molecule has 5 heteroatoms. The van der Waals surface area contributed by atoms with E-state index in [-0.39, 0.29) is 11.5 Å². The zero-order chi connectivity index (χ0) is 16.0. The van der Waals surface area contributed by atoms with Crippen molar-refractivity contribution in [1.29, 1.82) is 0 Å². The molecule has 3 aromatic rings. The van der Waals surface area contributed by atoms with Crippen LogP contribution >= 0.6 is 8.03 Å². The van der Waals surface area contributed by atoms with Gasteiger partial charge in [0.25, 0.3) is 8.03 Å². The van der Waals surface area contributed by atoms with Gasteiger partial charge in [-0.15, -0.1) is 0 Å². The lowest BCUT2D eigenvalue weighted by Gasteiger charge is -2.21. The van der Waals surface area contributed by atoms with Gasteiger partial charge in [-0.2, -0.15) is 0 Å². The maximum Gasteiger partial charge on any atom is 0.266 e. The summed E-state index contributed by atoms with van der Waals surface area (Å²) in [7, 11) is -2.29. The van der Waals surface area contributed by atoms with Crippen LogP contribution in [-0.2, 0) is 4.57 Å². The number of hydrogen-bond donors (Lipinski definition) is 2. The van der Waals surface area contributed by atoms with Crippen LogP contribution in [0, 0.1) is 0 Å². The third-order valence-electron chi connectivity index (χ3n) is 3.91. The molecule has 4 nitrogen and oxygen atoms in total. The van der Waals surface area contributed by atoms with Gasteiger partial charge in [0.05, 0.1) is 5.30 Å². The van der Waals surface area contributed by atoms with E-state index in [4.69, 9.17) is 4.52 Å². The molecule has 0 spiro atoms. The summed E-state index contributed by atoms with van der Waals surface area (Å²) in [5.41, 5.74) is 2.98. The Morgan fingerprint density at radius 3 is 2.52 bits per heavy atom. The van der Waals surface area contributed by atoms with Crippen molar-refractivity contribution >= 4 is 13.3 Å². The summed E-state index contributed by atoms with van der Waals surface area (Å²) in [5.74, 6) is 0.731. The Balaban J connectivity index is 1.93. The fourth-order valence-electron chi connectivity index (χ4n) is 2.80. The molecule has 0 aliphatic carbocycles. The highest BCUT2D eigenvalue weighted by atomic mass is 31.1. The van der Waals surface area contributed by atoms with Crippen molar-refractivity contribution in [3.63, 3.8) is 0 Å². The second-order valence-corrected chi connectivity index (χ2v) is 6.67.